The zero-order valence-electron chi connectivity index (χ0n) is 5.49. The maximum Gasteiger partial charge on any atom is 0.134 e. The van der Waals surface area contributed by atoms with Crippen molar-refractivity contribution < 1.29 is 0 Å². The zero-order valence-corrected chi connectivity index (χ0v) is 5.49. The van der Waals surface area contributed by atoms with Crippen LogP contribution in [0, 0.1) is 0 Å². The molecule has 2 rings (SSSR count). The van der Waals surface area contributed by atoms with Crippen molar-refractivity contribution in [2.45, 2.75) is 6.04 Å². The van der Waals surface area contributed by atoms with Gasteiger partial charge in [0, 0.05) is 0 Å². The lowest BCUT2D eigenvalue weighted by Crippen LogP contribution is -2.01. The molecule has 1 aromatic carbocycles. The summed E-state index contributed by atoms with van der Waals surface area (Å²) in [7, 11) is 0. The van der Waals surface area contributed by atoms with Crippen LogP contribution in [0.25, 0.3) is 0 Å². The molecule has 0 aliphatic carbocycles. The summed E-state index contributed by atoms with van der Waals surface area (Å²) < 4.78 is 0. The summed E-state index contributed by atoms with van der Waals surface area (Å²) in [5, 5.41) is 0. The summed E-state index contributed by atoms with van der Waals surface area (Å²) in [4.78, 5) is 4.02. The summed E-state index contributed by atoms with van der Waals surface area (Å²) in [6.45, 7) is 0. The van der Waals surface area contributed by atoms with Crippen LogP contribution in [0.15, 0.2) is 35.3 Å². The number of nitrogens with zero attached hydrogens (tertiary/aromatic N) is 1. The van der Waals surface area contributed by atoms with Crippen molar-refractivity contribution in [3.63, 3.8) is 0 Å². The Morgan fingerprint density at radius 1 is 1.20 bits per heavy atom. The fourth-order valence-corrected chi connectivity index (χ4v) is 0.992. The largest absolute Gasteiger partial charge is 0.385 e. The maximum atomic E-state index is 5.45. The van der Waals surface area contributed by atoms with E-state index >= 15 is 0 Å². The van der Waals surface area contributed by atoms with E-state index in [1.807, 2.05) is 30.3 Å². The minimum atomic E-state index is 0.196. The lowest BCUT2D eigenvalue weighted by atomic mass is 10.1. The Hall–Kier alpha value is -1.31. The smallest absolute Gasteiger partial charge is 0.134 e. The van der Waals surface area contributed by atoms with Crippen LogP contribution in [0.1, 0.15) is 11.6 Å². The average Bonchev–Trinajstić information content (AvgIpc) is 2.69. The van der Waals surface area contributed by atoms with E-state index in [2.05, 4.69) is 4.99 Å². The van der Waals surface area contributed by atoms with Gasteiger partial charge in [0.2, 0.25) is 0 Å². The molecular weight excluding hydrogens is 124 g/mol. The highest BCUT2D eigenvalue weighted by Gasteiger charge is 2.25. The van der Waals surface area contributed by atoms with Crippen molar-refractivity contribution in [2.75, 3.05) is 0 Å². The molecule has 1 atom stereocenters. The first kappa shape index (κ1) is 5.47. The van der Waals surface area contributed by atoms with Crippen LogP contribution in [-0.4, -0.2) is 5.84 Å². The van der Waals surface area contributed by atoms with Crippen molar-refractivity contribution in [2.24, 2.45) is 10.7 Å². The molecule has 1 aliphatic rings. The molecule has 0 spiro atoms. The first-order valence-electron chi connectivity index (χ1n) is 3.26. The van der Waals surface area contributed by atoms with E-state index < -0.39 is 0 Å². The van der Waals surface area contributed by atoms with Crippen LogP contribution in [0.2, 0.25) is 0 Å². The van der Waals surface area contributed by atoms with Gasteiger partial charge in [0.25, 0.3) is 0 Å². The van der Waals surface area contributed by atoms with E-state index in [9.17, 15) is 0 Å². The van der Waals surface area contributed by atoms with Crippen LogP contribution >= 0.6 is 0 Å². The van der Waals surface area contributed by atoms with Gasteiger partial charge in [-0.3, -0.25) is 4.99 Å². The molecule has 0 fully saturated rings. The van der Waals surface area contributed by atoms with Crippen LogP contribution in [-0.2, 0) is 0 Å². The third-order valence-corrected chi connectivity index (χ3v) is 1.61. The lowest BCUT2D eigenvalue weighted by Gasteiger charge is -1.92. The van der Waals surface area contributed by atoms with Gasteiger partial charge in [0.05, 0.1) is 0 Å². The Bertz CT molecular complexity index is 264. The Morgan fingerprint density at radius 2 is 1.80 bits per heavy atom. The summed E-state index contributed by atoms with van der Waals surface area (Å²) in [5.41, 5.74) is 6.64. The zero-order chi connectivity index (χ0) is 6.97. The van der Waals surface area contributed by atoms with E-state index in [0.29, 0.717) is 0 Å². The first-order valence-corrected chi connectivity index (χ1v) is 3.26. The Labute approximate surface area is 59.4 Å². The average molecular weight is 132 g/mol. The minimum Gasteiger partial charge on any atom is -0.385 e. The topological polar surface area (TPSA) is 38.4 Å². The molecule has 1 aromatic rings. The van der Waals surface area contributed by atoms with Crippen LogP contribution in [0.4, 0.5) is 0 Å². The van der Waals surface area contributed by atoms with Gasteiger partial charge in [0.15, 0.2) is 0 Å². The summed E-state index contributed by atoms with van der Waals surface area (Å²) in [6.07, 6.45) is 0. The van der Waals surface area contributed by atoms with Gasteiger partial charge >= 0.3 is 0 Å². The van der Waals surface area contributed by atoms with E-state index in [-0.39, 0.29) is 6.04 Å². The second kappa shape index (κ2) is 1.84. The Balaban J connectivity index is 2.22. The monoisotopic (exact) mass is 132 g/mol. The number of nitrogens with two attached hydrogens (primary N) is 1. The summed E-state index contributed by atoms with van der Waals surface area (Å²) >= 11 is 0. The predicted molar refractivity (Wildman–Crippen MR) is 40.8 cm³/mol. The van der Waals surface area contributed by atoms with Gasteiger partial charge < -0.3 is 5.73 Å². The fraction of sp³-hybridized carbons (Fsp3) is 0.125. The molecule has 2 N–H and O–H groups in total. The number of hydrogen-bond acceptors (Lipinski definition) is 2. The second-order valence-corrected chi connectivity index (χ2v) is 2.37. The van der Waals surface area contributed by atoms with Crippen LogP contribution in [0.3, 0.4) is 0 Å². The van der Waals surface area contributed by atoms with Gasteiger partial charge in [0.1, 0.15) is 11.9 Å². The molecule has 1 aliphatic heterocycles. The van der Waals surface area contributed by atoms with Gasteiger partial charge in [-0.1, -0.05) is 30.3 Å². The molecule has 1 heterocycles. The molecule has 0 bridgehead atoms. The number of hydrogen-bond donors (Lipinski definition) is 1. The quantitative estimate of drug-likeness (QED) is 0.610. The van der Waals surface area contributed by atoms with Crippen molar-refractivity contribution >= 4 is 5.84 Å². The van der Waals surface area contributed by atoms with Crippen molar-refractivity contribution in [1.82, 2.24) is 0 Å². The molecule has 0 amide bonds. The molecule has 0 saturated carbocycles. The summed E-state index contributed by atoms with van der Waals surface area (Å²) in [6, 6.07) is 10.2. The molecule has 2 nitrogen and oxygen atoms in total. The van der Waals surface area contributed by atoms with Gasteiger partial charge in [-0.25, -0.2) is 0 Å². The molecule has 50 valence electrons. The molecule has 2 heteroatoms. The maximum absolute atomic E-state index is 5.45. The fourth-order valence-electron chi connectivity index (χ4n) is 0.992. The second-order valence-electron chi connectivity index (χ2n) is 2.37. The Morgan fingerprint density at radius 3 is 2.30 bits per heavy atom. The molecular formula is C8H8N2. The highest BCUT2D eigenvalue weighted by molar-refractivity contribution is 5.98. The molecule has 10 heavy (non-hydrogen) atoms. The highest BCUT2D eigenvalue weighted by Crippen LogP contribution is 2.27. The SMILES string of the molecule is NC1=NC1c1ccccc1. The van der Waals surface area contributed by atoms with Gasteiger partial charge in [-0.05, 0) is 5.56 Å². The highest BCUT2D eigenvalue weighted by atomic mass is 15.1. The predicted octanol–water partition coefficient (Wildman–Crippen LogP) is 1.10. The number of rotatable bonds is 1. The van der Waals surface area contributed by atoms with Crippen molar-refractivity contribution in [3.8, 4) is 0 Å². The number of benzene rings is 1. The summed E-state index contributed by atoms with van der Waals surface area (Å²) in [5.74, 6) is 0.756. The van der Waals surface area contributed by atoms with E-state index in [1.54, 1.807) is 0 Å². The number of amidine groups is 1. The van der Waals surface area contributed by atoms with Gasteiger partial charge in [-0.2, -0.15) is 0 Å². The van der Waals surface area contributed by atoms with Crippen molar-refractivity contribution in [1.29, 1.82) is 0 Å². The molecule has 1 unspecified atom stereocenters. The third-order valence-electron chi connectivity index (χ3n) is 1.61. The number of aliphatic imine (C=N–C) groups is 1. The first-order chi connectivity index (χ1) is 4.88. The van der Waals surface area contributed by atoms with E-state index in [1.165, 1.54) is 5.56 Å². The van der Waals surface area contributed by atoms with E-state index in [4.69, 9.17) is 5.73 Å². The van der Waals surface area contributed by atoms with E-state index in [0.717, 1.165) is 5.84 Å². The van der Waals surface area contributed by atoms with Crippen LogP contribution in [0.5, 0.6) is 0 Å². The van der Waals surface area contributed by atoms with Crippen LogP contribution < -0.4 is 5.73 Å². The Kier molecular flexibility index (Phi) is 1.01. The molecule has 0 saturated heterocycles. The third kappa shape index (κ3) is 0.778. The minimum absolute atomic E-state index is 0.196. The normalized spacial score (nSPS) is 22.0. The standard InChI is InChI=1S/C8H8N2/c9-8-7(10-8)6-4-2-1-3-5-6/h1-5,7H,(H2,9,10). The van der Waals surface area contributed by atoms with Crippen molar-refractivity contribution in [3.05, 3.63) is 35.9 Å². The molecule has 0 radical (unpaired) electrons. The molecule has 0 aromatic heterocycles. The van der Waals surface area contributed by atoms with Gasteiger partial charge in [-0.15, -0.1) is 0 Å². The lowest BCUT2D eigenvalue weighted by molar-refractivity contribution is 1.13.